The van der Waals surface area contributed by atoms with Crippen molar-refractivity contribution >= 4 is 41.4 Å². The minimum atomic E-state index is -1.70. The molecule has 3 amide bonds. The van der Waals surface area contributed by atoms with Crippen molar-refractivity contribution in [3.8, 4) is 11.5 Å². The number of hydrogen-bond acceptors (Lipinski definition) is 9. The molecule has 234 valence electrons. The van der Waals surface area contributed by atoms with E-state index >= 15 is 0 Å². The maximum absolute atomic E-state index is 14.6. The van der Waals surface area contributed by atoms with Crippen LogP contribution in [0.15, 0.2) is 34.9 Å². The van der Waals surface area contributed by atoms with Gasteiger partial charge in [0.2, 0.25) is 17.6 Å². The number of halogens is 1. The van der Waals surface area contributed by atoms with Gasteiger partial charge in [-0.1, -0.05) is 6.07 Å². The second-order valence-electron chi connectivity index (χ2n) is 12.3. The third-order valence-electron chi connectivity index (χ3n) is 8.57. The second-order valence-corrected chi connectivity index (χ2v) is 12.3. The molecule has 14 heteroatoms. The van der Waals surface area contributed by atoms with Crippen molar-refractivity contribution in [2.45, 2.75) is 57.9 Å². The number of amides is 3. The van der Waals surface area contributed by atoms with Crippen LogP contribution in [0.25, 0.3) is 11.1 Å². The Hall–Kier alpha value is -4.17. The minimum Gasteiger partial charge on any atom is -0.496 e. The predicted molar refractivity (Wildman–Crippen MR) is 158 cm³/mol. The highest BCUT2D eigenvalue weighted by Gasteiger charge is 2.52. The number of aromatic nitrogens is 1. The first-order valence-electron chi connectivity index (χ1n) is 14.1. The Labute approximate surface area is 254 Å². The van der Waals surface area contributed by atoms with Crippen LogP contribution in [-0.4, -0.2) is 90.7 Å². The topological polar surface area (TPSA) is 133 Å². The van der Waals surface area contributed by atoms with Crippen LogP contribution >= 0.6 is 0 Å². The molecule has 2 aromatic heterocycles. The molecule has 0 spiro atoms. The molecule has 1 fully saturated rings. The lowest BCUT2D eigenvalue weighted by molar-refractivity contribution is -0.137. The van der Waals surface area contributed by atoms with Gasteiger partial charge in [0.15, 0.2) is 22.4 Å². The molecular weight excluding hydrogens is 574 g/mol. The molecule has 1 saturated heterocycles. The van der Waals surface area contributed by atoms with Crippen LogP contribution in [0.4, 0.5) is 4.39 Å². The number of carbonyl (C=O) groups is 3. The van der Waals surface area contributed by atoms with Crippen LogP contribution in [-0.2, 0) is 25.4 Å². The highest BCUT2D eigenvalue weighted by atomic mass is 19.1. The van der Waals surface area contributed by atoms with E-state index < -0.39 is 53.9 Å². The molecule has 0 radical (unpaired) electrons. The van der Waals surface area contributed by atoms with E-state index in [4.69, 9.17) is 23.2 Å². The SMILES string of the molecule is COc1cccc(F)c1CNC(=O)C1(C)COc2c(oc3cc(B4OC(C)(C)C(C)(C)O4)cnc23)C(=O)N1CC(=O)N(C)C. The number of rotatable bonds is 7. The monoisotopic (exact) mass is 610 g/mol. The normalized spacial score (nSPS) is 20.6. The lowest BCUT2D eigenvalue weighted by atomic mass is 9.80. The zero-order chi connectivity index (χ0) is 32.2. The van der Waals surface area contributed by atoms with Crippen LogP contribution in [0.2, 0.25) is 0 Å². The number of nitrogens with zero attached hydrogens (tertiary/aromatic N) is 3. The molecule has 12 nitrogen and oxygen atoms in total. The van der Waals surface area contributed by atoms with E-state index in [-0.39, 0.29) is 47.1 Å². The number of hydrogen-bond donors (Lipinski definition) is 1. The maximum atomic E-state index is 14.6. The quantitative estimate of drug-likeness (QED) is 0.400. The molecule has 0 saturated carbocycles. The second kappa shape index (κ2) is 11.1. The summed E-state index contributed by atoms with van der Waals surface area (Å²) in [5.41, 5.74) is -1.63. The van der Waals surface area contributed by atoms with Gasteiger partial charge in [-0.15, -0.1) is 0 Å². The Morgan fingerprint density at radius 3 is 2.48 bits per heavy atom. The van der Waals surface area contributed by atoms with Crippen molar-refractivity contribution in [1.29, 1.82) is 0 Å². The summed E-state index contributed by atoms with van der Waals surface area (Å²) in [4.78, 5) is 47.6. The number of fused-ring (bicyclic) bond motifs is 3. The molecule has 2 aliphatic rings. The zero-order valence-electron chi connectivity index (χ0n) is 26.1. The van der Waals surface area contributed by atoms with Crippen molar-refractivity contribution in [2.24, 2.45) is 0 Å². The number of carbonyl (C=O) groups excluding carboxylic acids is 3. The Morgan fingerprint density at radius 2 is 1.84 bits per heavy atom. The first-order chi connectivity index (χ1) is 20.6. The van der Waals surface area contributed by atoms with Crippen molar-refractivity contribution < 1.29 is 42.0 Å². The van der Waals surface area contributed by atoms with Crippen LogP contribution in [0, 0.1) is 5.82 Å². The van der Waals surface area contributed by atoms with Crippen molar-refractivity contribution in [1.82, 2.24) is 20.1 Å². The fourth-order valence-corrected chi connectivity index (χ4v) is 4.96. The van der Waals surface area contributed by atoms with Gasteiger partial charge in [0.1, 0.15) is 24.7 Å². The smallest absolute Gasteiger partial charge is 0.496 e. The fourth-order valence-electron chi connectivity index (χ4n) is 4.96. The number of nitrogens with one attached hydrogen (secondary N) is 1. The highest BCUT2D eigenvalue weighted by molar-refractivity contribution is 6.62. The molecule has 5 rings (SSSR count). The molecule has 2 aliphatic heterocycles. The number of benzene rings is 1. The third-order valence-corrected chi connectivity index (χ3v) is 8.57. The summed E-state index contributed by atoms with van der Waals surface area (Å²) in [5, 5.41) is 2.68. The van der Waals surface area contributed by atoms with Crippen LogP contribution in [0.5, 0.6) is 11.5 Å². The van der Waals surface area contributed by atoms with Crippen LogP contribution < -0.4 is 20.3 Å². The van der Waals surface area contributed by atoms with E-state index in [0.717, 1.165) is 4.90 Å². The van der Waals surface area contributed by atoms with E-state index in [9.17, 15) is 18.8 Å². The van der Waals surface area contributed by atoms with E-state index in [1.165, 1.54) is 45.2 Å². The highest BCUT2D eigenvalue weighted by Crippen LogP contribution is 2.39. The number of furan rings is 1. The summed E-state index contributed by atoms with van der Waals surface area (Å²) in [6.07, 6.45) is 1.56. The van der Waals surface area contributed by atoms with E-state index in [0.29, 0.717) is 5.46 Å². The Balaban J connectivity index is 1.48. The van der Waals surface area contributed by atoms with Gasteiger partial charge in [-0.25, -0.2) is 9.37 Å². The largest absolute Gasteiger partial charge is 0.496 e. The van der Waals surface area contributed by atoms with Gasteiger partial charge >= 0.3 is 7.12 Å². The number of methoxy groups -OCH3 is 1. The lowest BCUT2D eigenvalue weighted by Crippen LogP contribution is -2.62. The average Bonchev–Trinajstić information content (AvgIpc) is 3.41. The van der Waals surface area contributed by atoms with Gasteiger partial charge in [0.05, 0.1) is 18.3 Å². The summed E-state index contributed by atoms with van der Waals surface area (Å²) < 4.78 is 44.1. The summed E-state index contributed by atoms with van der Waals surface area (Å²) in [6.45, 7) is 8.18. The summed E-state index contributed by atoms with van der Waals surface area (Å²) in [6, 6.07) is 5.98. The molecule has 1 unspecified atom stereocenters. The molecular formula is C30H36BFN4O8. The van der Waals surface area contributed by atoms with Gasteiger partial charge in [0.25, 0.3) is 5.91 Å². The van der Waals surface area contributed by atoms with Gasteiger partial charge < -0.3 is 38.3 Å². The van der Waals surface area contributed by atoms with Crippen LogP contribution in [0.1, 0.15) is 50.7 Å². The molecule has 3 aromatic rings. The summed E-state index contributed by atoms with van der Waals surface area (Å²) in [5.74, 6) is -2.34. The minimum absolute atomic E-state index is 0.0417. The van der Waals surface area contributed by atoms with Crippen molar-refractivity contribution in [3.05, 3.63) is 47.6 Å². The van der Waals surface area contributed by atoms with E-state index in [1.54, 1.807) is 18.3 Å². The standard InChI is InChI=1S/C30H36BFN4O8/c1-28(2)29(3,4)44-31(43-28)17-12-21-23(33-13-17)24-25(42-21)26(38)36(15-22(37)35(6)7)30(5,16-41-24)27(39)34-14-18-19(32)10-9-11-20(18)40-8/h9-13H,14-16H2,1-8H3,(H,34,39). The summed E-state index contributed by atoms with van der Waals surface area (Å²) >= 11 is 0. The maximum Gasteiger partial charge on any atom is 0.496 e. The van der Waals surface area contributed by atoms with Gasteiger partial charge in [-0.05, 0) is 52.8 Å². The lowest BCUT2D eigenvalue weighted by Gasteiger charge is -2.37. The summed E-state index contributed by atoms with van der Waals surface area (Å²) in [7, 11) is 3.76. The molecule has 0 aliphatic carbocycles. The Bertz CT molecular complexity index is 1620. The van der Waals surface area contributed by atoms with Crippen molar-refractivity contribution in [2.75, 3.05) is 34.4 Å². The molecule has 1 atom stereocenters. The van der Waals surface area contributed by atoms with Crippen LogP contribution in [0.3, 0.4) is 0 Å². The fraction of sp³-hybridized carbons (Fsp3) is 0.467. The molecule has 1 N–H and O–H groups in total. The average molecular weight is 610 g/mol. The molecule has 4 heterocycles. The third kappa shape index (κ3) is 5.26. The van der Waals surface area contributed by atoms with E-state index in [2.05, 4.69) is 10.3 Å². The zero-order valence-corrected chi connectivity index (χ0v) is 26.1. The first kappa shape index (κ1) is 31.3. The first-order valence-corrected chi connectivity index (χ1v) is 14.1. The van der Waals surface area contributed by atoms with Gasteiger partial charge in [-0.3, -0.25) is 14.4 Å². The number of likely N-dealkylation sites (N-methyl/N-ethyl adjacent to an activating group) is 1. The molecule has 44 heavy (non-hydrogen) atoms. The van der Waals surface area contributed by atoms with Crippen molar-refractivity contribution in [3.63, 3.8) is 0 Å². The predicted octanol–water partition coefficient (Wildman–Crippen LogP) is 2.27. The van der Waals surface area contributed by atoms with E-state index in [1.807, 2.05) is 27.7 Å². The number of pyridine rings is 1. The Morgan fingerprint density at radius 1 is 1.16 bits per heavy atom. The molecule has 0 bridgehead atoms. The number of ether oxygens (including phenoxy) is 2. The van der Waals surface area contributed by atoms with Gasteiger partial charge in [-0.2, -0.15) is 0 Å². The van der Waals surface area contributed by atoms with Gasteiger partial charge in [0, 0.05) is 37.9 Å². The molecule has 1 aromatic carbocycles. The Kier molecular flexibility index (Phi) is 7.87.